The lowest BCUT2D eigenvalue weighted by Crippen LogP contribution is -2.68. The van der Waals surface area contributed by atoms with Crippen LogP contribution in [0.3, 0.4) is 0 Å². The van der Waals surface area contributed by atoms with Crippen LogP contribution in [0.4, 0.5) is 0 Å². The minimum atomic E-state index is -0.752. The fourth-order valence-corrected chi connectivity index (χ4v) is 5.12. The van der Waals surface area contributed by atoms with Crippen molar-refractivity contribution in [3.63, 3.8) is 0 Å². The molecule has 3 amide bonds. The predicted molar refractivity (Wildman–Crippen MR) is 106 cm³/mol. The van der Waals surface area contributed by atoms with E-state index < -0.39 is 23.1 Å². The van der Waals surface area contributed by atoms with E-state index in [2.05, 4.69) is 0 Å². The minimum Gasteiger partial charge on any atom is -0.315 e. The molecule has 7 heteroatoms. The van der Waals surface area contributed by atoms with Crippen LogP contribution in [-0.2, 0) is 19.2 Å². The van der Waals surface area contributed by atoms with Crippen LogP contribution in [0.2, 0.25) is 0 Å². The van der Waals surface area contributed by atoms with E-state index in [1.54, 1.807) is 23.6 Å². The number of piperazine rings is 1. The van der Waals surface area contributed by atoms with E-state index >= 15 is 0 Å². The summed E-state index contributed by atoms with van der Waals surface area (Å²) in [6.07, 6.45) is 8.63. The monoisotopic (exact) mass is 401 g/mol. The number of rotatable bonds is 4. The average molecular weight is 402 g/mol. The Morgan fingerprint density at radius 1 is 1.03 bits per heavy atom. The van der Waals surface area contributed by atoms with Crippen LogP contribution < -0.4 is 0 Å². The highest BCUT2D eigenvalue weighted by Gasteiger charge is 2.52. The molecule has 4 rings (SSSR count). The number of amides is 3. The summed E-state index contributed by atoms with van der Waals surface area (Å²) in [4.78, 5) is 57.0. The molecule has 7 nitrogen and oxygen atoms in total. The van der Waals surface area contributed by atoms with Crippen molar-refractivity contribution in [2.45, 2.75) is 90.3 Å². The summed E-state index contributed by atoms with van der Waals surface area (Å²) >= 11 is 0. The largest absolute Gasteiger partial charge is 0.315 e. The van der Waals surface area contributed by atoms with Gasteiger partial charge in [0.1, 0.15) is 12.6 Å². The van der Waals surface area contributed by atoms with Gasteiger partial charge >= 0.3 is 0 Å². The zero-order chi connectivity index (χ0) is 20.9. The number of hydrogen-bond acceptors (Lipinski definition) is 4. The van der Waals surface area contributed by atoms with Crippen LogP contribution >= 0.6 is 0 Å². The van der Waals surface area contributed by atoms with E-state index in [9.17, 15) is 19.2 Å². The number of fused-ring (bicyclic) bond motifs is 4. The number of Topliss-reactive ketones (excluding diaryl/α,β-unsaturated/α-hetero) is 1. The molecule has 3 heterocycles. The number of piperidine rings is 1. The zero-order valence-electron chi connectivity index (χ0n) is 17.6. The van der Waals surface area contributed by atoms with Gasteiger partial charge in [-0.3, -0.25) is 19.2 Å². The van der Waals surface area contributed by atoms with Crippen LogP contribution in [0, 0.1) is 5.41 Å². The van der Waals surface area contributed by atoms with E-state index in [0.29, 0.717) is 25.0 Å². The Balaban J connectivity index is 1.70. The van der Waals surface area contributed by atoms with Crippen LogP contribution in [0.5, 0.6) is 0 Å². The molecule has 0 aromatic carbocycles. The van der Waals surface area contributed by atoms with Crippen molar-refractivity contribution in [3.05, 3.63) is 11.9 Å². The first-order valence-corrected chi connectivity index (χ1v) is 11.0. The lowest BCUT2D eigenvalue weighted by Gasteiger charge is -2.52. The molecular weight excluding hydrogens is 370 g/mol. The van der Waals surface area contributed by atoms with Crippen molar-refractivity contribution in [1.82, 2.24) is 14.7 Å². The number of carbonyl (C=O) groups excluding carboxylic acids is 4. The minimum absolute atomic E-state index is 0.0462. The first kappa shape index (κ1) is 20.1. The van der Waals surface area contributed by atoms with E-state index in [0.717, 1.165) is 32.1 Å². The second kappa shape index (κ2) is 7.26. The summed E-state index contributed by atoms with van der Waals surface area (Å²) in [5, 5.41) is 0. The lowest BCUT2D eigenvalue weighted by atomic mass is 9.82. The first-order chi connectivity index (χ1) is 13.8. The van der Waals surface area contributed by atoms with Crippen LogP contribution in [0.15, 0.2) is 11.9 Å². The summed E-state index contributed by atoms with van der Waals surface area (Å²) in [6.45, 7) is 5.50. The summed E-state index contributed by atoms with van der Waals surface area (Å²) in [5.74, 6) is -1.25. The Morgan fingerprint density at radius 3 is 2.34 bits per heavy atom. The van der Waals surface area contributed by atoms with Gasteiger partial charge in [0.05, 0.1) is 11.7 Å². The first-order valence-electron chi connectivity index (χ1n) is 11.0. The molecule has 0 aromatic rings. The standard InChI is InChI=1S/C22H31N3O4/c1-4-22(2,3)19(27)21(29)25-15-10-7-11-16(25)20(28)24-13-18(26)23(12-17(15)24)14-8-5-6-9-14/h12,14-16H,4-11,13H2,1-3H3. The third-order valence-corrected chi connectivity index (χ3v) is 7.33. The number of nitrogens with zero attached hydrogens (tertiary/aromatic N) is 3. The molecule has 0 aromatic heterocycles. The van der Waals surface area contributed by atoms with Gasteiger partial charge in [0.2, 0.25) is 17.6 Å². The molecule has 2 atom stereocenters. The van der Waals surface area contributed by atoms with Gasteiger partial charge in [-0.1, -0.05) is 33.6 Å². The summed E-state index contributed by atoms with van der Waals surface area (Å²) in [6, 6.07) is -0.772. The molecule has 3 fully saturated rings. The lowest BCUT2D eigenvalue weighted by molar-refractivity contribution is -0.163. The SMILES string of the molecule is CCC(C)(C)C(=O)C(=O)N1C2CCCC1C1=CN(C3CCCC3)C(=O)CN1C2=O. The molecule has 2 bridgehead atoms. The van der Waals surface area contributed by atoms with Crippen molar-refractivity contribution in [3.8, 4) is 0 Å². The van der Waals surface area contributed by atoms with E-state index in [4.69, 9.17) is 0 Å². The molecule has 2 unspecified atom stereocenters. The molecule has 1 aliphatic carbocycles. The highest BCUT2D eigenvalue weighted by atomic mass is 16.2. The normalized spacial score (nSPS) is 27.8. The maximum absolute atomic E-state index is 13.2. The van der Waals surface area contributed by atoms with Crippen molar-refractivity contribution in [2.75, 3.05) is 6.54 Å². The Morgan fingerprint density at radius 2 is 1.69 bits per heavy atom. The Kier molecular flexibility index (Phi) is 5.03. The van der Waals surface area contributed by atoms with Gasteiger partial charge in [-0.25, -0.2) is 0 Å². The molecule has 0 spiro atoms. The van der Waals surface area contributed by atoms with Gasteiger partial charge in [-0.05, 0) is 38.5 Å². The molecule has 2 saturated heterocycles. The van der Waals surface area contributed by atoms with Crippen molar-refractivity contribution < 1.29 is 19.2 Å². The highest BCUT2D eigenvalue weighted by Crippen LogP contribution is 2.39. The predicted octanol–water partition coefficient (Wildman–Crippen LogP) is 2.21. The number of hydrogen-bond donors (Lipinski definition) is 0. The highest BCUT2D eigenvalue weighted by molar-refractivity contribution is 6.38. The molecule has 4 aliphatic rings. The van der Waals surface area contributed by atoms with Gasteiger partial charge in [0, 0.05) is 17.7 Å². The van der Waals surface area contributed by atoms with Gasteiger partial charge < -0.3 is 14.7 Å². The molecule has 158 valence electrons. The van der Waals surface area contributed by atoms with Gasteiger partial charge in [0.15, 0.2) is 0 Å². The second-order valence-electron chi connectivity index (χ2n) is 9.46. The number of ketones is 1. The molecule has 29 heavy (non-hydrogen) atoms. The summed E-state index contributed by atoms with van der Waals surface area (Å²) < 4.78 is 0. The maximum atomic E-state index is 13.2. The van der Waals surface area contributed by atoms with Crippen LogP contribution in [0.25, 0.3) is 0 Å². The average Bonchev–Trinajstić information content (AvgIpc) is 3.25. The van der Waals surface area contributed by atoms with Gasteiger partial charge in [0.25, 0.3) is 5.91 Å². The second-order valence-corrected chi connectivity index (χ2v) is 9.46. The van der Waals surface area contributed by atoms with Gasteiger partial charge in [-0.2, -0.15) is 0 Å². The van der Waals surface area contributed by atoms with Crippen LogP contribution in [-0.4, -0.2) is 62.9 Å². The Labute approximate surface area is 172 Å². The molecule has 1 saturated carbocycles. The summed E-state index contributed by atoms with van der Waals surface area (Å²) in [7, 11) is 0. The maximum Gasteiger partial charge on any atom is 0.291 e. The topological polar surface area (TPSA) is 78.0 Å². The van der Waals surface area contributed by atoms with Crippen LogP contribution in [0.1, 0.15) is 72.1 Å². The quantitative estimate of drug-likeness (QED) is 0.677. The van der Waals surface area contributed by atoms with E-state index in [1.165, 1.54) is 4.90 Å². The third-order valence-electron chi connectivity index (χ3n) is 7.33. The van der Waals surface area contributed by atoms with Crippen molar-refractivity contribution >= 4 is 23.5 Å². The zero-order valence-corrected chi connectivity index (χ0v) is 17.6. The summed E-state index contributed by atoms with van der Waals surface area (Å²) in [5.41, 5.74) is -0.0360. The van der Waals surface area contributed by atoms with E-state index in [1.807, 2.05) is 13.1 Å². The Bertz CT molecular complexity index is 781. The molecular formula is C22H31N3O4. The fourth-order valence-electron chi connectivity index (χ4n) is 5.12. The van der Waals surface area contributed by atoms with Crippen molar-refractivity contribution in [2.24, 2.45) is 5.41 Å². The van der Waals surface area contributed by atoms with Crippen molar-refractivity contribution in [1.29, 1.82) is 0 Å². The number of carbonyl (C=O) groups is 4. The Hall–Kier alpha value is -2.18. The smallest absolute Gasteiger partial charge is 0.291 e. The van der Waals surface area contributed by atoms with E-state index in [-0.39, 0.29) is 30.4 Å². The van der Waals surface area contributed by atoms with Gasteiger partial charge in [-0.15, -0.1) is 0 Å². The third kappa shape index (κ3) is 3.19. The molecule has 3 aliphatic heterocycles. The fraction of sp³-hybridized carbons (Fsp3) is 0.727. The molecule has 0 N–H and O–H groups in total. The molecule has 0 radical (unpaired) electrons.